The number of piperazine rings is 1. The number of rotatable bonds is 5. The van der Waals surface area contributed by atoms with Gasteiger partial charge in [0.15, 0.2) is 5.82 Å². The largest absolute Gasteiger partial charge is 0.349 e. The molecule has 5 rings (SSSR count). The van der Waals surface area contributed by atoms with E-state index in [1.165, 1.54) is 4.57 Å². The van der Waals surface area contributed by atoms with Crippen LogP contribution in [-0.2, 0) is 7.05 Å². The molecule has 1 saturated heterocycles. The van der Waals surface area contributed by atoms with E-state index in [0.29, 0.717) is 17.9 Å². The third kappa shape index (κ3) is 3.69. The molecule has 1 aliphatic rings. The van der Waals surface area contributed by atoms with Crippen LogP contribution in [0.4, 0.5) is 10.2 Å². The van der Waals surface area contributed by atoms with Crippen LogP contribution in [0.15, 0.2) is 23.1 Å². The van der Waals surface area contributed by atoms with Gasteiger partial charge < -0.3 is 4.90 Å². The molecule has 0 aliphatic carbocycles. The molecule has 4 aromatic rings. The Morgan fingerprint density at radius 3 is 2.71 bits per heavy atom. The summed E-state index contributed by atoms with van der Waals surface area (Å²) < 4.78 is 17.7. The van der Waals surface area contributed by atoms with E-state index in [1.807, 2.05) is 13.0 Å². The van der Waals surface area contributed by atoms with Crippen LogP contribution in [0, 0.1) is 12.7 Å². The van der Waals surface area contributed by atoms with E-state index in [1.54, 1.807) is 30.6 Å². The van der Waals surface area contributed by atoms with Crippen LogP contribution < -0.4 is 10.6 Å². The Balaban J connectivity index is 1.51. The molecule has 1 aliphatic heterocycles. The Labute approximate surface area is 201 Å². The molecule has 0 saturated carbocycles. The predicted octanol–water partition coefficient (Wildman–Crippen LogP) is 4.15. The Morgan fingerprint density at radius 1 is 1.21 bits per heavy atom. The smallest absolute Gasteiger partial charge is 0.349 e. The zero-order chi connectivity index (χ0) is 24.1. The van der Waals surface area contributed by atoms with Gasteiger partial charge in [0.25, 0.3) is 0 Å². The molecular formula is C24H30FN7OS. The first-order valence-corrected chi connectivity index (χ1v) is 12.6. The number of hydrogen-bond donors (Lipinski definition) is 1. The molecule has 0 spiro atoms. The Kier molecular flexibility index (Phi) is 5.89. The van der Waals surface area contributed by atoms with Gasteiger partial charge in [0.1, 0.15) is 11.3 Å². The van der Waals surface area contributed by atoms with E-state index in [4.69, 9.17) is 0 Å². The number of aromatic amines is 1. The lowest BCUT2D eigenvalue weighted by Crippen LogP contribution is -2.59. The van der Waals surface area contributed by atoms with Gasteiger partial charge in [-0.2, -0.15) is 10.1 Å². The quantitative estimate of drug-likeness (QED) is 0.459. The van der Waals surface area contributed by atoms with Crippen LogP contribution in [0.3, 0.4) is 0 Å². The normalized spacial score (nSPS) is 20.5. The number of H-pyrrole nitrogens is 1. The third-order valence-corrected chi connectivity index (χ3v) is 8.14. The Bertz CT molecular complexity index is 1410. The van der Waals surface area contributed by atoms with E-state index in [0.717, 1.165) is 45.6 Å². The molecule has 1 fully saturated rings. The highest BCUT2D eigenvalue weighted by molar-refractivity contribution is 7.18. The number of thiazole rings is 1. The highest BCUT2D eigenvalue weighted by Gasteiger charge is 2.37. The third-order valence-electron chi connectivity index (χ3n) is 7.21. The van der Waals surface area contributed by atoms with Crippen molar-refractivity contribution in [1.29, 1.82) is 0 Å². The maximum Gasteiger partial charge on any atom is 0.349 e. The molecule has 0 bridgehead atoms. The molecular weight excluding hydrogens is 453 g/mol. The fourth-order valence-electron chi connectivity index (χ4n) is 5.23. The van der Waals surface area contributed by atoms with Gasteiger partial charge in [-0.1, -0.05) is 13.8 Å². The van der Waals surface area contributed by atoms with Gasteiger partial charge in [0.05, 0.1) is 26.9 Å². The molecule has 3 atom stereocenters. The summed E-state index contributed by atoms with van der Waals surface area (Å²) in [6.07, 6.45) is 3.44. The molecule has 34 heavy (non-hydrogen) atoms. The van der Waals surface area contributed by atoms with Crippen LogP contribution in [0.5, 0.6) is 0 Å². The van der Waals surface area contributed by atoms with Crippen LogP contribution >= 0.6 is 11.3 Å². The molecule has 3 aromatic heterocycles. The second kappa shape index (κ2) is 8.74. The van der Waals surface area contributed by atoms with Gasteiger partial charge >= 0.3 is 5.69 Å². The minimum absolute atomic E-state index is 0.0864. The number of nitrogens with zero attached hydrogens (tertiary/aromatic N) is 6. The molecule has 8 nitrogen and oxygen atoms in total. The molecule has 10 heteroatoms. The number of aryl methyl sites for hydroxylation is 2. The highest BCUT2D eigenvalue weighted by atomic mass is 32.1. The minimum Gasteiger partial charge on any atom is -0.349 e. The van der Waals surface area contributed by atoms with Crippen molar-refractivity contribution in [3.05, 3.63) is 45.2 Å². The summed E-state index contributed by atoms with van der Waals surface area (Å²) in [5.41, 5.74) is 2.65. The number of fused-ring (bicyclic) bond motifs is 2. The minimum atomic E-state index is -0.294. The van der Waals surface area contributed by atoms with E-state index >= 15 is 4.39 Å². The van der Waals surface area contributed by atoms with Crippen molar-refractivity contribution >= 4 is 38.4 Å². The van der Waals surface area contributed by atoms with E-state index in [2.05, 4.69) is 50.7 Å². The van der Waals surface area contributed by atoms with Crippen molar-refractivity contribution in [3.63, 3.8) is 0 Å². The van der Waals surface area contributed by atoms with Gasteiger partial charge in [-0.3, -0.25) is 14.6 Å². The first-order chi connectivity index (χ1) is 16.3. The predicted molar refractivity (Wildman–Crippen MR) is 134 cm³/mol. The standard InChI is InChI=1S/C24H30FN7OS/c1-6-15-12-32(23-22-20(10-26-29-22)30(5)24(33)28-23)16(7-2)11-31(15)13(3)17-8-21-19(9-18(17)25)27-14(4)34-21/h8-10,13,15-16H,6-7,11-12H2,1-5H3,(H,26,29)/t13?,15-,16+/m1/s1. The van der Waals surface area contributed by atoms with Gasteiger partial charge in [-0.15, -0.1) is 11.3 Å². The summed E-state index contributed by atoms with van der Waals surface area (Å²) in [6, 6.07) is 3.76. The second-order valence-corrected chi connectivity index (χ2v) is 10.4. The van der Waals surface area contributed by atoms with Crippen molar-refractivity contribution in [2.24, 2.45) is 7.05 Å². The average molecular weight is 484 g/mol. The van der Waals surface area contributed by atoms with Crippen molar-refractivity contribution in [3.8, 4) is 0 Å². The maximum atomic E-state index is 15.2. The Hall–Kier alpha value is -2.85. The van der Waals surface area contributed by atoms with Gasteiger partial charge in [0.2, 0.25) is 0 Å². The molecule has 1 aromatic carbocycles. The zero-order valence-electron chi connectivity index (χ0n) is 20.2. The van der Waals surface area contributed by atoms with Crippen molar-refractivity contribution in [1.82, 2.24) is 29.6 Å². The van der Waals surface area contributed by atoms with Gasteiger partial charge in [-0.05, 0) is 32.8 Å². The summed E-state index contributed by atoms with van der Waals surface area (Å²) in [5, 5.41) is 8.14. The van der Waals surface area contributed by atoms with Crippen LogP contribution in [-0.4, -0.2) is 54.8 Å². The topological polar surface area (TPSA) is 82.9 Å². The zero-order valence-corrected chi connectivity index (χ0v) is 21.0. The van der Waals surface area contributed by atoms with Crippen LogP contribution in [0.25, 0.3) is 21.3 Å². The summed E-state index contributed by atoms with van der Waals surface area (Å²) in [5.74, 6) is 0.448. The highest BCUT2D eigenvalue weighted by Crippen LogP contribution is 2.35. The molecule has 0 radical (unpaired) electrons. The first kappa shape index (κ1) is 22.9. The summed E-state index contributed by atoms with van der Waals surface area (Å²) in [7, 11) is 1.71. The lowest BCUT2D eigenvalue weighted by Gasteiger charge is -2.49. The maximum absolute atomic E-state index is 15.2. The molecule has 0 amide bonds. The number of benzene rings is 1. The number of halogens is 1. The SMILES string of the molecule is CC[C@H]1CN(C(C)c2cc3sc(C)nc3cc2F)[C@H](CC)CN1c1nc(=O)n(C)c2cn[nH]c12. The van der Waals surface area contributed by atoms with E-state index < -0.39 is 0 Å². The number of nitrogens with one attached hydrogen (secondary N) is 1. The lowest BCUT2D eigenvalue weighted by atomic mass is 9.96. The van der Waals surface area contributed by atoms with Gasteiger partial charge in [0, 0.05) is 49.9 Å². The molecule has 1 unspecified atom stereocenters. The monoisotopic (exact) mass is 483 g/mol. The second-order valence-electron chi connectivity index (χ2n) is 9.13. The van der Waals surface area contributed by atoms with Crippen LogP contribution in [0.1, 0.15) is 50.2 Å². The average Bonchev–Trinajstić information content (AvgIpc) is 3.45. The first-order valence-electron chi connectivity index (χ1n) is 11.8. The summed E-state index contributed by atoms with van der Waals surface area (Å²) in [6.45, 7) is 9.80. The van der Waals surface area contributed by atoms with Crippen molar-refractivity contribution in [2.45, 2.75) is 58.7 Å². The summed E-state index contributed by atoms with van der Waals surface area (Å²) >= 11 is 1.60. The Morgan fingerprint density at radius 2 is 1.97 bits per heavy atom. The number of anilines is 1. The fraction of sp³-hybridized carbons (Fsp3) is 0.500. The fourth-order valence-corrected chi connectivity index (χ4v) is 6.09. The molecule has 1 N–H and O–H groups in total. The van der Waals surface area contributed by atoms with E-state index in [-0.39, 0.29) is 29.6 Å². The number of hydrogen-bond acceptors (Lipinski definition) is 7. The van der Waals surface area contributed by atoms with E-state index in [9.17, 15) is 4.79 Å². The summed E-state index contributed by atoms with van der Waals surface area (Å²) in [4.78, 5) is 26.1. The molecule has 180 valence electrons. The van der Waals surface area contributed by atoms with Crippen molar-refractivity contribution in [2.75, 3.05) is 18.0 Å². The van der Waals surface area contributed by atoms with Crippen LogP contribution in [0.2, 0.25) is 0 Å². The lowest BCUT2D eigenvalue weighted by molar-refractivity contribution is 0.0990. The van der Waals surface area contributed by atoms with Crippen molar-refractivity contribution < 1.29 is 4.39 Å². The molecule has 4 heterocycles. The number of aromatic nitrogens is 5. The van der Waals surface area contributed by atoms with Gasteiger partial charge in [-0.25, -0.2) is 14.2 Å².